The van der Waals surface area contributed by atoms with Gasteiger partial charge in [-0.25, -0.2) is 9.37 Å². The number of aromatic nitrogens is 3. The largest absolute Gasteiger partial charge is 0.380 e. The van der Waals surface area contributed by atoms with Crippen LogP contribution in [0.2, 0.25) is 5.02 Å². The van der Waals surface area contributed by atoms with Crippen molar-refractivity contribution in [3.05, 3.63) is 53.4 Å². The summed E-state index contributed by atoms with van der Waals surface area (Å²) in [6.07, 6.45) is 2.84. The topological polar surface area (TPSA) is 65.6 Å². The van der Waals surface area contributed by atoms with Crippen molar-refractivity contribution in [2.45, 2.75) is 12.5 Å². The molecule has 1 saturated heterocycles. The molecule has 0 bridgehead atoms. The lowest BCUT2D eigenvalue weighted by atomic mass is 10.1. The van der Waals surface area contributed by atoms with Gasteiger partial charge in [0.25, 0.3) is 0 Å². The molecule has 5 rings (SSSR count). The van der Waals surface area contributed by atoms with Crippen molar-refractivity contribution >= 4 is 39.2 Å². The highest BCUT2D eigenvalue weighted by Gasteiger charge is 2.20. The smallest absolute Gasteiger partial charge is 0.142 e. The van der Waals surface area contributed by atoms with Gasteiger partial charge in [0.2, 0.25) is 0 Å². The summed E-state index contributed by atoms with van der Waals surface area (Å²) in [7, 11) is 0. The van der Waals surface area contributed by atoms with E-state index in [9.17, 15) is 4.39 Å². The Morgan fingerprint density at radius 2 is 2.04 bits per heavy atom. The summed E-state index contributed by atoms with van der Waals surface area (Å²) in [4.78, 5) is 12.4. The molecule has 1 fully saturated rings. The van der Waals surface area contributed by atoms with Crippen LogP contribution in [-0.2, 0) is 0 Å². The molecular weight excluding hydrogens is 365 g/mol. The molecule has 1 aliphatic heterocycles. The molecule has 3 heterocycles. The Bertz CT molecular complexity index is 1150. The van der Waals surface area contributed by atoms with Gasteiger partial charge in [0.05, 0.1) is 27.8 Å². The highest BCUT2D eigenvalue weighted by molar-refractivity contribution is 6.31. The number of pyridine rings is 1. The molecule has 3 N–H and O–H groups in total. The van der Waals surface area contributed by atoms with Crippen molar-refractivity contribution in [3.8, 4) is 11.4 Å². The molecule has 1 aliphatic rings. The number of halogens is 2. The van der Waals surface area contributed by atoms with E-state index in [1.807, 2.05) is 18.2 Å². The van der Waals surface area contributed by atoms with Gasteiger partial charge in [-0.05, 0) is 49.4 Å². The van der Waals surface area contributed by atoms with Crippen LogP contribution in [0, 0.1) is 5.82 Å². The first-order valence-electron chi connectivity index (χ1n) is 8.88. The highest BCUT2D eigenvalue weighted by atomic mass is 35.5. The van der Waals surface area contributed by atoms with Crippen molar-refractivity contribution in [1.82, 2.24) is 20.3 Å². The van der Waals surface area contributed by atoms with Crippen LogP contribution in [0.4, 0.5) is 10.1 Å². The molecule has 5 nitrogen and oxygen atoms in total. The zero-order valence-electron chi connectivity index (χ0n) is 14.4. The number of imidazole rings is 1. The number of hydrogen-bond acceptors (Lipinski definition) is 4. The lowest BCUT2D eigenvalue weighted by Gasteiger charge is -2.18. The highest BCUT2D eigenvalue weighted by Crippen LogP contribution is 2.35. The summed E-state index contributed by atoms with van der Waals surface area (Å²) in [6, 6.07) is 10.5. The third kappa shape index (κ3) is 3.01. The van der Waals surface area contributed by atoms with Crippen molar-refractivity contribution in [2.75, 3.05) is 18.4 Å². The fourth-order valence-corrected chi connectivity index (χ4v) is 3.76. The molecule has 2 aromatic carbocycles. The Kier molecular flexibility index (Phi) is 3.95. The van der Waals surface area contributed by atoms with Crippen LogP contribution in [0.1, 0.15) is 6.42 Å². The maximum Gasteiger partial charge on any atom is 0.142 e. The lowest BCUT2D eigenvalue weighted by molar-refractivity contribution is 0.629. The average Bonchev–Trinajstić information content (AvgIpc) is 3.31. The average molecular weight is 382 g/mol. The van der Waals surface area contributed by atoms with E-state index >= 15 is 0 Å². The van der Waals surface area contributed by atoms with E-state index in [0.29, 0.717) is 27.9 Å². The monoisotopic (exact) mass is 381 g/mol. The quantitative estimate of drug-likeness (QED) is 0.493. The number of anilines is 1. The minimum atomic E-state index is -0.295. The number of aromatic amines is 1. The second kappa shape index (κ2) is 6.48. The second-order valence-electron chi connectivity index (χ2n) is 6.79. The Morgan fingerprint density at radius 3 is 2.89 bits per heavy atom. The molecule has 0 spiro atoms. The number of H-pyrrole nitrogens is 1. The van der Waals surface area contributed by atoms with E-state index in [0.717, 1.165) is 41.7 Å². The number of fused-ring (bicyclic) bond motifs is 2. The van der Waals surface area contributed by atoms with Crippen molar-refractivity contribution in [2.24, 2.45) is 0 Å². The van der Waals surface area contributed by atoms with Gasteiger partial charge in [-0.15, -0.1) is 0 Å². The summed E-state index contributed by atoms with van der Waals surface area (Å²) in [5.74, 6) is 0.356. The molecule has 0 radical (unpaired) electrons. The third-order valence-electron chi connectivity index (χ3n) is 4.94. The first kappa shape index (κ1) is 16.5. The van der Waals surface area contributed by atoms with E-state index in [1.54, 1.807) is 12.3 Å². The van der Waals surface area contributed by atoms with Crippen LogP contribution in [0.25, 0.3) is 33.3 Å². The van der Waals surface area contributed by atoms with Gasteiger partial charge in [-0.2, -0.15) is 0 Å². The molecular formula is C20H17ClFN5. The van der Waals surface area contributed by atoms with Gasteiger partial charge in [-0.1, -0.05) is 11.6 Å². The van der Waals surface area contributed by atoms with Gasteiger partial charge in [0.1, 0.15) is 11.6 Å². The fraction of sp³-hybridized carbons (Fsp3) is 0.200. The number of nitrogens with zero attached hydrogens (tertiary/aromatic N) is 2. The Hall–Kier alpha value is -2.70. The van der Waals surface area contributed by atoms with Crippen molar-refractivity contribution < 1.29 is 4.39 Å². The Morgan fingerprint density at radius 1 is 1.15 bits per heavy atom. The number of hydrogen-bond donors (Lipinski definition) is 3. The first-order valence-corrected chi connectivity index (χ1v) is 9.26. The van der Waals surface area contributed by atoms with Crippen molar-refractivity contribution in [3.63, 3.8) is 0 Å². The van der Waals surface area contributed by atoms with Gasteiger partial charge in [0.15, 0.2) is 0 Å². The van der Waals surface area contributed by atoms with Crippen LogP contribution in [-0.4, -0.2) is 34.1 Å². The number of rotatable bonds is 3. The Labute approximate surface area is 160 Å². The number of nitrogens with one attached hydrogen (secondary N) is 3. The number of benzene rings is 2. The zero-order chi connectivity index (χ0) is 18.4. The lowest BCUT2D eigenvalue weighted by Crippen LogP contribution is -2.22. The maximum absolute atomic E-state index is 13.6. The predicted octanol–water partition coefficient (Wildman–Crippen LogP) is 4.34. The van der Waals surface area contributed by atoms with Crippen LogP contribution in [0.5, 0.6) is 0 Å². The summed E-state index contributed by atoms with van der Waals surface area (Å²) in [5, 5.41) is 8.60. The standard InChI is InChI=1S/C20H17ClFN5/c21-11-1-3-16-14(7-11)19(25-13-5-6-23-9-13)15(10-24-16)20-26-17-4-2-12(22)8-18(17)27-20/h1-4,7-8,10,13,23H,5-6,9H2,(H,24,25)(H,26,27)/t13-/m0/s1. The summed E-state index contributed by atoms with van der Waals surface area (Å²) >= 11 is 6.25. The normalized spacial score (nSPS) is 17.0. The van der Waals surface area contributed by atoms with Gasteiger partial charge >= 0.3 is 0 Å². The third-order valence-corrected chi connectivity index (χ3v) is 5.17. The summed E-state index contributed by atoms with van der Waals surface area (Å²) < 4.78 is 13.6. The molecule has 1 atom stereocenters. The first-order chi connectivity index (χ1) is 13.2. The SMILES string of the molecule is Fc1ccc2nc(-c3cnc4ccc(Cl)cc4c3N[C@H]3CCNC3)[nH]c2c1. The van der Waals surface area contributed by atoms with E-state index in [-0.39, 0.29) is 5.82 Å². The molecule has 4 aromatic rings. The molecule has 136 valence electrons. The molecule has 27 heavy (non-hydrogen) atoms. The summed E-state index contributed by atoms with van der Waals surface area (Å²) in [5.41, 5.74) is 4.01. The van der Waals surface area contributed by atoms with E-state index in [2.05, 4.69) is 25.6 Å². The van der Waals surface area contributed by atoms with E-state index in [4.69, 9.17) is 11.6 Å². The Balaban J connectivity index is 1.71. The van der Waals surface area contributed by atoms with Crippen LogP contribution in [0.3, 0.4) is 0 Å². The van der Waals surface area contributed by atoms with Crippen molar-refractivity contribution in [1.29, 1.82) is 0 Å². The molecule has 0 amide bonds. The van der Waals surface area contributed by atoms with Crippen LogP contribution < -0.4 is 10.6 Å². The minimum absolute atomic E-state index is 0.295. The molecule has 0 unspecified atom stereocenters. The van der Waals surface area contributed by atoms with Gasteiger partial charge < -0.3 is 15.6 Å². The van der Waals surface area contributed by atoms with Crippen LogP contribution >= 0.6 is 11.6 Å². The molecule has 7 heteroatoms. The minimum Gasteiger partial charge on any atom is -0.380 e. The predicted molar refractivity (Wildman–Crippen MR) is 107 cm³/mol. The maximum atomic E-state index is 13.6. The van der Waals surface area contributed by atoms with Gasteiger partial charge in [-0.3, -0.25) is 4.98 Å². The van der Waals surface area contributed by atoms with Gasteiger partial charge in [0, 0.05) is 29.2 Å². The molecule has 0 saturated carbocycles. The molecule has 2 aromatic heterocycles. The summed E-state index contributed by atoms with van der Waals surface area (Å²) in [6.45, 7) is 1.88. The molecule has 0 aliphatic carbocycles. The fourth-order valence-electron chi connectivity index (χ4n) is 3.59. The van der Waals surface area contributed by atoms with Crippen LogP contribution in [0.15, 0.2) is 42.6 Å². The zero-order valence-corrected chi connectivity index (χ0v) is 15.1. The second-order valence-corrected chi connectivity index (χ2v) is 7.23. The van der Waals surface area contributed by atoms with E-state index in [1.165, 1.54) is 12.1 Å². The van der Waals surface area contributed by atoms with E-state index < -0.39 is 0 Å².